The number of hydrogen-bond donors (Lipinski definition) is 1. The first kappa shape index (κ1) is 18.7. The van der Waals surface area contributed by atoms with Gasteiger partial charge < -0.3 is 14.6 Å². The number of aryl methyl sites for hydroxylation is 1. The molecule has 5 nitrogen and oxygen atoms in total. The van der Waals surface area contributed by atoms with Crippen LogP contribution in [0.1, 0.15) is 46.8 Å². The van der Waals surface area contributed by atoms with E-state index in [4.69, 9.17) is 4.42 Å². The summed E-state index contributed by atoms with van der Waals surface area (Å²) >= 11 is 1.44. The van der Waals surface area contributed by atoms with E-state index in [1.54, 1.807) is 4.90 Å². The summed E-state index contributed by atoms with van der Waals surface area (Å²) in [5.74, 6) is 0.603. The van der Waals surface area contributed by atoms with Crippen LogP contribution in [0.2, 0.25) is 0 Å². The van der Waals surface area contributed by atoms with Gasteiger partial charge >= 0.3 is 0 Å². The molecule has 28 heavy (non-hydrogen) atoms. The predicted octanol–water partition coefficient (Wildman–Crippen LogP) is 4.53. The van der Waals surface area contributed by atoms with E-state index < -0.39 is 0 Å². The van der Waals surface area contributed by atoms with Crippen LogP contribution in [0.4, 0.5) is 0 Å². The molecule has 3 aromatic rings. The molecule has 1 aromatic carbocycles. The topological polar surface area (TPSA) is 62.6 Å². The van der Waals surface area contributed by atoms with Gasteiger partial charge in [0.15, 0.2) is 0 Å². The number of thiophene rings is 1. The molecule has 2 aromatic heterocycles. The van der Waals surface area contributed by atoms with Crippen molar-refractivity contribution in [2.75, 3.05) is 13.1 Å². The van der Waals surface area contributed by atoms with Crippen molar-refractivity contribution in [3.05, 3.63) is 58.0 Å². The summed E-state index contributed by atoms with van der Waals surface area (Å²) in [5.41, 5.74) is 1.89. The quantitative estimate of drug-likeness (QED) is 0.705. The van der Waals surface area contributed by atoms with Crippen LogP contribution in [0, 0.1) is 12.8 Å². The van der Waals surface area contributed by atoms with Crippen molar-refractivity contribution in [2.24, 2.45) is 5.92 Å². The fraction of sp³-hybridized carbons (Fsp3) is 0.364. The Morgan fingerprint density at radius 2 is 2.07 bits per heavy atom. The maximum absolute atomic E-state index is 12.9. The molecule has 0 saturated carbocycles. The molecule has 0 aliphatic carbocycles. The van der Waals surface area contributed by atoms with Gasteiger partial charge in [0.05, 0.1) is 16.8 Å². The second-order valence-corrected chi connectivity index (χ2v) is 8.33. The van der Waals surface area contributed by atoms with Gasteiger partial charge in [-0.25, -0.2) is 0 Å². The van der Waals surface area contributed by atoms with Gasteiger partial charge in [-0.3, -0.25) is 9.59 Å². The normalized spacial score (nSPS) is 18.2. The molecule has 1 aliphatic heterocycles. The molecular formula is C22H24N2O3S. The van der Waals surface area contributed by atoms with Crippen LogP contribution < -0.4 is 5.32 Å². The summed E-state index contributed by atoms with van der Waals surface area (Å²) < 4.78 is 5.98. The van der Waals surface area contributed by atoms with Crippen molar-refractivity contribution in [3.63, 3.8) is 0 Å². The Hall–Kier alpha value is -2.60. The van der Waals surface area contributed by atoms with Gasteiger partial charge in [0, 0.05) is 24.0 Å². The van der Waals surface area contributed by atoms with E-state index in [1.807, 2.05) is 55.6 Å². The molecule has 0 bridgehead atoms. The maximum atomic E-state index is 12.9. The first-order valence-corrected chi connectivity index (χ1v) is 10.5. The average molecular weight is 397 g/mol. The Morgan fingerprint density at radius 1 is 1.25 bits per heavy atom. The number of carbonyl (C=O) groups excluding carboxylic acids is 2. The number of hydrogen-bond acceptors (Lipinski definition) is 4. The SMILES string of the molecule is Cc1c([C@H](C)NC(=O)[C@H]2CCCN(C(=O)c3cccs3)C2)oc2ccccc12. The number of amides is 2. The lowest BCUT2D eigenvalue weighted by Crippen LogP contribution is -2.45. The van der Waals surface area contributed by atoms with E-state index in [9.17, 15) is 9.59 Å². The van der Waals surface area contributed by atoms with Crippen molar-refractivity contribution < 1.29 is 14.0 Å². The predicted molar refractivity (Wildman–Crippen MR) is 110 cm³/mol. The molecule has 2 atom stereocenters. The number of carbonyl (C=O) groups is 2. The number of rotatable bonds is 4. The summed E-state index contributed by atoms with van der Waals surface area (Å²) in [4.78, 5) is 28.0. The third-order valence-corrected chi connectivity index (χ3v) is 6.30. The minimum Gasteiger partial charge on any atom is -0.459 e. The lowest BCUT2D eigenvalue weighted by molar-refractivity contribution is -0.127. The van der Waals surface area contributed by atoms with E-state index in [-0.39, 0.29) is 23.8 Å². The van der Waals surface area contributed by atoms with Gasteiger partial charge in [-0.2, -0.15) is 0 Å². The van der Waals surface area contributed by atoms with Crippen molar-refractivity contribution >= 4 is 34.1 Å². The summed E-state index contributed by atoms with van der Waals surface area (Å²) in [6.45, 7) is 5.14. The molecular weight excluding hydrogens is 372 g/mol. The second-order valence-electron chi connectivity index (χ2n) is 7.39. The first-order valence-electron chi connectivity index (χ1n) is 9.65. The number of likely N-dealkylation sites (tertiary alicyclic amines) is 1. The highest BCUT2D eigenvalue weighted by Gasteiger charge is 2.30. The Balaban J connectivity index is 1.43. The van der Waals surface area contributed by atoms with E-state index in [1.165, 1.54) is 11.3 Å². The fourth-order valence-corrected chi connectivity index (χ4v) is 4.63. The molecule has 1 aliphatic rings. The van der Waals surface area contributed by atoms with Crippen LogP contribution in [0.5, 0.6) is 0 Å². The highest BCUT2D eigenvalue weighted by molar-refractivity contribution is 7.12. The Labute approximate surface area is 168 Å². The maximum Gasteiger partial charge on any atom is 0.263 e. The van der Waals surface area contributed by atoms with Crippen LogP contribution in [0.25, 0.3) is 11.0 Å². The third-order valence-electron chi connectivity index (χ3n) is 5.44. The van der Waals surface area contributed by atoms with Crippen LogP contribution in [0.15, 0.2) is 46.2 Å². The zero-order chi connectivity index (χ0) is 19.7. The highest BCUT2D eigenvalue weighted by Crippen LogP contribution is 2.29. The molecule has 0 spiro atoms. The minimum atomic E-state index is -0.219. The number of nitrogens with one attached hydrogen (secondary N) is 1. The summed E-state index contributed by atoms with van der Waals surface area (Å²) in [5, 5.41) is 6.07. The molecule has 3 heterocycles. The van der Waals surface area contributed by atoms with Crippen molar-refractivity contribution in [1.29, 1.82) is 0 Å². The number of furan rings is 1. The van der Waals surface area contributed by atoms with Gasteiger partial charge in [0.1, 0.15) is 11.3 Å². The standard InChI is InChI=1S/C22H24N2O3S/c1-14-17-8-3-4-9-18(17)27-20(14)15(2)23-21(25)16-7-5-11-24(13-16)22(26)19-10-6-12-28-19/h3-4,6,8-10,12,15-16H,5,7,11,13H2,1-2H3,(H,23,25)/t15-,16-/m0/s1. The smallest absolute Gasteiger partial charge is 0.263 e. The molecule has 1 saturated heterocycles. The average Bonchev–Trinajstić information content (AvgIpc) is 3.36. The molecule has 0 radical (unpaired) electrons. The van der Waals surface area contributed by atoms with Gasteiger partial charge in [-0.05, 0) is 44.2 Å². The summed E-state index contributed by atoms with van der Waals surface area (Å²) in [7, 11) is 0. The van der Waals surface area contributed by atoms with E-state index in [0.29, 0.717) is 13.1 Å². The molecule has 0 unspecified atom stereocenters. The summed E-state index contributed by atoms with van der Waals surface area (Å²) in [6.07, 6.45) is 1.64. The van der Waals surface area contributed by atoms with Crippen LogP contribution in [-0.4, -0.2) is 29.8 Å². The number of para-hydroxylation sites is 1. The Morgan fingerprint density at radius 3 is 2.82 bits per heavy atom. The molecule has 1 N–H and O–H groups in total. The Bertz CT molecular complexity index is 993. The number of benzene rings is 1. The molecule has 6 heteroatoms. The molecule has 2 amide bonds. The zero-order valence-electron chi connectivity index (χ0n) is 16.1. The first-order chi connectivity index (χ1) is 13.5. The van der Waals surface area contributed by atoms with Crippen molar-refractivity contribution in [1.82, 2.24) is 10.2 Å². The molecule has 146 valence electrons. The van der Waals surface area contributed by atoms with E-state index in [2.05, 4.69) is 5.32 Å². The lowest BCUT2D eigenvalue weighted by Gasteiger charge is -2.32. The van der Waals surface area contributed by atoms with Gasteiger partial charge in [-0.15, -0.1) is 11.3 Å². The number of nitrogens with zero attached hydrogens (tertiary/aromatic N) is 1. The van der Waals surface area contributed by atoms with Crippen molar-refractivity contribution in [2.45, 2.75) is 32.7 Å². The lowest BCUT2D eigenvalue weighted by atomic mass is 9.96. The highest BCUT2D eigenvalue weighted by atomic mass is 32.1. The van der Waals surface area contributed by atoms with Gasteiger partial charge in [0.2, 0.25) is 5.91 Å². The Kier molecular flexibility index (Phi) is 5.22. The summed E-state index contributed by atoms with van der Waals surface area (Å²) in [6, 6.07) is 11.4. The third kappa shape index (κ3) is 3.56. The number of piperidine rings is 1. The minimum absolute atomic E-state index is 0.0176. The zero-order valence-corrected chi connectivity index (χ0v) is 16.9. The van der Waals surface area contributed by atoms with E-state index >= 15 is 0 Å². The largest absolute Gasteiger partial charge is 0.459 e. The van der Waals surface area contributed by atoms with Gasteiger partial charge in [0.25, 0.3) is 5.91 Å². The van der Waals surface area contributed by atoms with Crippen molar-refractivity contribution in [3.8, 4) is 0 Å². The number of fused-ring (bicyclic) bond motifs is 1. The second kappa shape index (κ2) is 7.80. The van der Waals surface area contributed by atoms with Crippen LogP contribution in [0.3, 0.4) is 0 Å². The van der Waals surface area contributed by atoms with Gasteiger partial charge in [-0.1, -0.05) is 24.3 Å². The molecule has 1 fully saturated rings. The van der Waals surface area contributed by atoms with Crippen LogP contribution in [-0.2, 0) is 4.79 Å². The van der Waals surface area contributed by atoms with Crippen LogP contribution >= 0.6 is 11.3 Å². The molecule has 4 rings (SSSR count). The monoisotopic (exact) mass is 396 g/mol. The fourth-order valence-electron chi connectivity index (χ4n) is 3.93. The van der Waals surface area contributed by atoms with E-state index in [0.717, 1.165) is 40.0 Å².